The van der Waals surface area contributed by atoms with Crippen LogP contribution in [0, 0.1) is 49.5 Å². The van der Waals surface area contributed by atoms with Gasteiger partial charge in [0.1, 0.15) is 17.7 Å². The fourth-order valence-corrected chi connectivity index (χ4v) is 8.00. The van der Waals surface area contributed by atoms with Crippen LogP contribution in [0.1, 0.15) is 91.8 Å². The zero-order valence-electron chi connectivity index (χ0n) is 35.1. The maximum Gasteiger partial charge on any atom is 0.343 e. The number of amides is 2. The van der Waals surface area contributed by atoms with Crippen LogP contribution >= 0.6 is 0 Å². The van der Waals surface area contributed by atoms with Crippen LogP contribution in [0.25, 0.3) is 38.9 Å². The van der Waals surface area contributed by atoms with Crippen molar-refractivity contribution >= 4 is 52.1 Å². The number of nitrogens with one attached hydrogen (secondary N) is 3. The second kappa shape index (κ2) is 17.3. The number of fused-ring (bicyclic) bond motifs is 2. The quantitative estimate of drug-likeness (QED) is 0.101. The SMILES string of the molecule is CCOC(=O)c1c(C#N)cn2nc(-c3ccc(C)c(NC(C)=O)c3)n(C)c12.[C-]#[N+]c1c(C(=O)OC2C(C)CC(C)CC2C)cn2[nH]c(-c3ccc(C)c(NC(C)=O)c3)nc12. The van der Waals surface area contributed by atoms with Crippen LogP contribution in [0.3, 0.4) is 0 Å². The molecule has 310 valence electrons. The predicted molar refractivity (Wildman–Crippen MR) is 226 cm³/mol. The van der Waals surface area contributed by atoms with Crippen molar-refractivity contribution in [1.29, 1.82) is 5.26 Å². The van der Waals surface area contributed by atoms with Crippen LogP contribution in [0.4, 0.5) is 17.1 Å². The summed E-state index contributed by atoms with van der Waals surface area (Å²) in [5, 5.41) is 22.6. The molecule has 16 nitrogen and oxygen atoms in total. The molecule has 2 unspecified atom stereocenters. The molecule has 2 atom stereocenters. The summed E-state index contributed by atoms with van der Waals surface area (Å²) in [6, 6.07) is 13.2. The molecule has 16 heteroatoms. The maximum atomic E-state index is 13.0. The first-order valence-corrected chi connectivity index (χ1v) is 19.7. The van der Waals surface area contributed by atoms with E-state index in [1.54, 1.807) is 29.3 Å². The number of carbonyl (C=O) groups is 4. The zero-order chi connectivity index (χ0) is 43.6. The number of hydrogen-bond donors (Lipinski definition) is 3. The number of aryl methyl sites for hydroxylation is 3. The number of rotatable bonds is 8. The van der Waals surface area contributed by atoms with Crippen LogP contribution in [0.5, 0.6) is 0 Å². The number of hydrogen-bond acceptors (Lipinski definition) is 9. The Balaban J connectivity index is 0.000000205. The highest BCUT2D eigenvalue weighted by molar-refractivity contribution is 6.01. The molecule has 1 aliphatic carbocycles. The Labute approximate surface area is 347 Å². The van der Waals surface area contributed by atoms with E-state index in [0.29, 0.717) is 40.2 Å². The van der Waals surface area contributed by atoms with E-state index in [9.17, 15) is 24.4 Å². The predicted octanol–water partition coefficient (Wildman–Crippen LogP) is 8.03. The minimum absolute atomic E-state index is 0.155. The number of ether oxygens (including phenoxy) is 2. The topological polar surface area (TPSA) is 194 Å². The molecule has 3 N–H and O–H groups in total. The number of benzene rings is 2. The van der Waals surface area contributed by atoms with Gasteiger partial charge in [-0.15, -0.1) is 5.10 Å². The molecular weight excluding hydrogens is 765 g/mol. The van der Waals surface area contributed by atoms with Crippen molar-refractivity contribution in [2.75, 3.05) is 17.2 Å². The van der Waals surface area contributed by atoms with Gasteiger partial charge >= 0.3 is 11.9 Å². The number of aromatic amines is 1. The lowest BCUT2D eigenvalue weighted by Crippen LogP contribution is -2.37. The van der Waals surface area contributed by atoms with E-state index in [2.05, 4.69) is 51.4 Å². The van der Waals surface area contributed by atoms with Gasteiger partial charge in [-0.2, -0.15) is 5.26 Å². The van der Waals surface area contributed by atoms with Crippen LogP contribution < -0.4 is 10.6 Å². The van der Waals surface area contributed by atoms with Crippen molar-refractivity contribution in [1.82, 2.24) is 28.8 Å². The fourth-order valence-electron chi connectivity index (χ4n) is 8.00. The van der Waals surface area contributed by atoms with Gasteiger partial charge in [0.15, 0.2) is 22.9 Å². The molecule has 4 heterocycles. The molecule has 1 aliphatic rings. The number of nitrogens with zero attached hydrogens (tertiary/aromatic N) is 7. The Bertz CT molecular complexity index is 2730. The molecule has 0 bridgehead atoms. The van der Waals surface area contributed by atoms with Gasteiger partial charge in [0, 0.05) is 55.8 Å². The maximum absolute atomic E-state index is 13.0. The third kappa shape index (κ3) is 8.49. The molecular formula is C44H48N10O6. The van der Waals surface area contributed by atoms with Gasteiger partial charge in [-0.3, -0.25) is 19.2 Å². The molecule has 2 amide bonds. The van der Waals surface area contributed by atoms with Crippen molar-refractivity contribution in [3.05, 3.63) is 88.0 Å². The molecule has 0 saturated heterocycles. The van der Waals surface area contributed by atoms with Gasteiger partial charge in [0.05, 0.1) is 24.3 Å². The molecule has 0 spiro atoms. The monoisotopic (exact) mass is 812 g/mol. The van der Waals surface area contributed by atoms with E-state index in [0.717, 1.165) is 35.1 Å². The average Bonchev–Trinajstić information content (AvgIpc) is 3.94. The lowest BCUT2D eigenvalue weighted by molar-refractivity contribution is -0.115. The first-order valence-electron chi connectivity index (χ1n) is 19.7. The Morgan fingerprint density at radius 2 is 1.55 bits per heavy atom. The van der Waals surface area contributed by atoms with Gasteiger partial charge < -0.3 is 24.7 Å². The Kier molecular flexibility index (Phi) is 12.3. The van der Waals surface area contributed by atoms with E-state index >= 15 is 0 Å². The molecule has 6 aromatic rings. The van der Waals surface area contributed by atoms with Crippen LogP contribution in [-0.4, -0.2) is 65.2 Å². The minimum Gasteiger partial charge on any atom is -0.462 e. The molecule has 1 fully saturated rings. The standard InChI is InChI=1S/C25H29N5O3.C19H19N5O3/c1-13-9-15(3)22(16(4)10-13)33-25(32)19-12-30-24(21(19)26-6)28-23(29-30)18-8-7-14(2)20(11-18)27-17(5)31;1-5-27-19(26)16-14(9-20)10-24-18(16)23(4)17(22-24)13-7-6-11(2)15(8-13)21-12(3)25/h7-8,11-13,15-16,22H,9-10H2,1-5H3,(H,27,31)(H,28,29);6-8,10H,5H2,1-4H3,(H,21,25). The smallest absolute Gasteiger partial charge is 0.343 e. The second-order valence-corrected chi connectivity index (χ2v) is 15.5. The second-order valence-electron chi connectivity index (χ2n) is 15.5. The largest absolute Gasteiger partial charge is 0.462 e. The van der Waals surface area contributed by atoms with Crippen LogP contribution in [-0.2, 0) is 26.1 Å². The molecule has 0 radical (unpaired) electrons. The third-order valence-electron chi connectivity index (χ3n) is 10.7. The van der Waals surface area contributed by atoms with Crippen molar-refractivity contribution in [2.45, 2.75) is 74.3 Å². The summed E-state index contributed by atoms with van der Waals surface area (Å²) in [6.45, 7) is 22.8. The van der Waals surface area contributed by atoms with Crippen molar-refractivity contribution in [3.63, 3.8) is 0 Å². The number of carbonyl (C=O) groups excluding carboxylic acids is 4. The van der Waals surface area contributed by atoms with Crippen LogP contribution in [0.2, 0.25) is 0 Å². The highest BCUT2D eigenvalue weighted by atomic mass is 16.5. The van der Waals surface area contributed by atoms with Crippen molar-refractivity contribution in [2.24, 2.45) is 24.8 Å². The number of anilines is 2. The van der Waals surface area contributed by atoms with Crippen molar-refractivity contribution < 1.29 is 28.7 Å². The lowest BCUT2D eigenvalue weighted by Gasteiger charge is -2.37. The van der Waals surface area contributed by atoms with E-state index in [1.807, 2.05) is 56.3 Å². The summed E-state index contributed by atoms with van der Waals surface area (Å²) in [7, 11) is 1.76. The summed E-state index contributed by atoms with van der Waals surface area (Å²) < 4.78 is 15.8. The Hall–Kier alpha value is -7.20. The molecule has 2 aromatic carbocycles. The molecule has 4 aromatic heterocycles. The average molecular weight is 813 g/mol. The first-order chi connectivity index (χ1) is 28.5. The van der Waals surface area contributed by atoms with Gasteiger partial charge in [0.25, 0.3) is 0 Å². The molecule has 60 heavy (non-hydrogen) atoms. The first kappa shape index (κ1) is 42.4. The fraction of sp³-hybridized carbons (Fsp3) is 0.364. The van der Waals surface area contributed by atoms with Gasteiger partial charge in [0.2, 0.25) is 17.5 Å². The van der Waals surface area contributed by atoms with Gasteiger partial charge in [-0.1, -0.05) is 45.0 Å². The van der Waals surface area contributed by atoms with Crippen molar-refractivity contribution in [3.8, 4) is 28.8 Å². The summed E-state index contributed by atoms with van der Waals surface area (Å²) in [5.74, 6) is 0.936. The minimum atomic E-state index is -0.561. The number of nitriles is 1. The number of aromatic nitrogens is 6. The van der Waals surface area contributed by atoms with Crippen LogP contribution in [0.15, 0.2) is 48.8 Å². The number of esters is 2. The summed E-state index contributed by atoms with van der Waals surface area (Å²) >= 11 is 0. The Morgan fingerprint density at radius 1 is 0.950 bits per heavy atom. The van der Waals surface area contributed by atoms with E-state index in [-0.39, 0.29) is 58.7 Å². The summed E-state index contributed by atoms with van der Waals surface area (Å²) in [4.78, 5) is 56.4. The molecule has 7 rings (SSSR count). The molecule has 1 saturated carbocycles. The normalized spacial score (nSPS) is 17.2. The van der Waals surface area contributed by atoms with E-state index < -0.39 is 11.9 Å². The number of H-pyrrole nitrogens is 1. The highest BCUT2D eigenvalue weighted by Crippen LogP contribution is 2.37. The van der Waals surface area contributed by atoms with Gasteiger partial charge in [-0.25, -0.2) is 23.9 Å². The van der Waals surface area contributed by atoms with E-state index in [4.69, 9.17) is 16.0 Å². The van der Waals surface area contributed by atoms with E-state index in [1.165, 1.54) is 24.6 Å². The van der Waals surface area contributed by atoms with Gasteiger partial charge in [-0.05, 0) is 74.6 Å². The summed E-state index contributed by atoms with van der Waals surface area (Å²) in [5.41, 5.74) is 6.39. The lowest BCUT2D eigenvalue weighted by atomic mass is 9.75. The molecule has 0 aliphatic heterocycles. The summed E-state index contributed by atoms with van der Waals surface area (Å²) in [6.07, 6.45) is 4.97. The Morgan fingerprint density at radius 3 is 2.12 bits per heavy atom. The third-order valence-corrected chi connectivity index (χ3v) is 10.7. The highest BCUT2D eigenvalue weighted by Gasteiger charge is 2.35. The zero-order valence-corrected chi connectivity index (χ0v) is 35.1.